The van der Waals surface area contributed by atoms with Crippen LogP contribution in [0.4, 0.5) is 28.4 Å². The number of benzene rings is 4. The van der Waals surface area contributed by atoms with E-state index in [1.165, 1.54) is 115 Å². The lowest BCUT2D eigenvalue weighted by atomic mass is 10.0. The van der Waals surface area contributed by atoms with Gasteiger partial charge < -0.3 is 25.7 Å². The number of aromatic carboxylic acids is 1. The molecule has 4 aromatic carbocycles. The number of rotatable bonds is 26. The van der Waals surface area contributed by atoms with Crippen LogP contribution in [0, 0.1) is 0 Å². The normalized spacial score (nSPS) is 11.3. The molecule has 10 nitrogen and oxygen atoms in total. The van der Waals surface area contributed by atoms with Gasteiger partial charge in [-0.05, 0) is 61.9 Å². The highest BCUT2D eigenvalue weighted by Gasteiger charge is 2.20. The summed E-state index contributed by atoms with van der Waals surface area (Å²) in [4.78, 5) is 39.2. The maximum absolute atomic E-state index is 13.9. The van der Waals surface area contributed by atoms with E-state index in [0.29, 0.717) is 33.5 Å². The molecule has 0 spiro atoms. The fourth-order valence-corrected chi connectivity index (χ4v) is 6.89. The molecule has 0 radical (unpaired) electrons. The molecule has 4 aromatic rings. The summed E-state index contributed by atoms with van der Waals surface area (Å²) in [6, 6.07) is 20.4. The van der Waals surface area contributed by atoms with Gasteiger partial charge in [0.25, 0.3) is 5.91 Å². The summed E-state index contributed by atoms with van der Waals surface area (Å²) in [5.74, 6) is -1.90. The van der Waals surface area contributed by atoms with E-state index in [0.717, 1.165) is 25.1 Å². The Morgan fingerprint density at radius 2 is 1.27 bits per heavy atom. The zero-order chi connectivity index (χ0) is 40.1. The third kappa shape index (κ3) is 14.1. The van der Waals surface area contributed by atoms with E-state index in [-0.39, 0.29) is 29.2 Å². The fraction of sp³-hybridized carbons (Fsp3) is 0.457. The molecule has 0 bridgehead atoms. The van der Waals surface area contributed by atoms with Gasteiger partial charge in [-0.3, -0.25) is 9.59 Å². The van der Waals surface area contributed by atoms with Crippen molar-refractivity contribution in [1.29, 1.82) is 0 Å². The summed E-state index contributed by atoms with van der Waals surface area (Å²) in [7, 11) is 1.94. The number of carboxylic acid groups (broad SMARTS) is 1. The molecule has 0 atom stereocenters. The molecule has 10 heteroatoms. The predicted octanol–water partition coefficient (Wildman–Crippen LogP) is 12.6. The Morgan fingerprint density at radius 1 is 0.696 bits per heavy atom. The first kappa shape index (κ1) is 43.5. The minimum absolute atomic E-state index is 0.0198. The first-order chi connectivity index (χ1) is 27.2. The lowest BCUT2D eigenvalue weighted by molar-refractivity contribution is -0.115. The molecule has 0 aliphatic carbocycles. The van der Waals surface area contributed by atoms with E-state index in [1.807, 2.05) is 18.0 Å². The van der Waals surface area contributed by atoms with Gasteiger partial charge in [0.15, 0.2) is 0 Å². The zero-order valence-electron chi connectivity index (χ0n) is 33.6. The van der Waals surface area contributed by atoms with E-state index in [4.69, 9.17) is 0 Å². The standard InChI is InChI=1S/C46H61N5O5/c1-4-5-6-7-8-9-10-11-12-13-14-15-16-17-18-21-30-51(3)43-29-24-35(46(55)56)31-42(43)48-45(54)40-32-41(38-22-19-20-23-39(38)44(40)53)50-49-37-27-25-36(26-28-37)47-33-34(2)52/h19-20,22-29,31-32,47,53H,4-18,21,30,33H2,1-3H3,(H,48,54)(H,55,56). The molecule has 4 rings (SSSR count). The molecule has 0 aliphatic rings. The van der Waals surface area contributed by atoms with Crippen LogP contribution in [0.25, 0.3) is 10.8 Å². The molecule has 0 saturated heterocycles. The molecule has 0 saturated carbocycles. The van der Waals surface area contributed by atoms with Crippen LogP contribution in [-0.4, -0.2) is 48.0 Å². The Bertz CT molecular complexity index is 1890. The Kier molecular flexibility index (Phi) is 18.3. The largest absolute Gasteiger partial charge is 0.506 e. The van der Waals surface area contributed by atoms with Gasteiger partial charge in [-0.2, -0.15) is 5.11 Å². The third-order valence-electron chi connectivity index (χ3n) is 10.2. The topological polar surface area (TPSA) is 144 Å². The molecule has 1 amide bonds. The van der Waals surface area contributed by atoms with Crippen molar-refractivity contribution < 1.29 is 24.6 Å². The molecule has 0 heterocycles. The number of nitrogens with one attached hydrogen (secondary N) is 2. The second-order valence-corrected chi connectivity index (χ2v) is 14.9. The van der Waals surface area contributed by atoms with Gasteiger partial charge in [0.2, 0.25) is 0 Å². The number of hydrogen-bond acceptors (Lipinski definition) is 8. The third-order valence-corrected chi connectivity index (χ3v) is 10.2. The number of fused-ring (bicyclic) bond motifs is 1. The second-order valence-electron chi connectivity index (χ2n) is 14.9. The smallest absolute Gasteiger partial charge is 0.335 e. The minimum Gasteiger partial charge on any atom is -0.506 e. The maximum Gasteiger partial charge on any atom is 0.335 e. The van der Waals surface area contributed by atoms with Crippen LogP contribution in [0.2, 0.25) is 0 Å². The Hall–Kier alpha value is -5.25. The molecular weight excluding hydrogens is 703 g/mol. The summed E-state index contributed by atoms with van der Waals surface area (Å²) in [5, 5.41) is 36.8. The number of carbonyl (C=O) groups is 3. The van der Waals surface area contributed by atoms with Crippen molar-refractivity contribution in [3.05, 3.63) is 83.9 Å². The SMILES string of the molecule is CCCCCCCCCCCCCCCCCCN(C)c1ccc(C(=O)O)cc1NC(=O)c1cc(N=Nc2ccc(NCC(C)=O)cc2)c2ccccc2c1O. The van der Waals surface area contributed by atoms with Gasteiger partial charge in [0, 0.05) is 30.1 Å². The van der Waals surface area contributed by atoms with E-state index in [1.54, 1.807) is 48.5 Å². The molecule has 4 N–H and O–H groups in total. The first-order valence-corrected chi connectivity index (χ1v) is 20.6. The van der Waals surface area contributed by atoms with Crippen molar-refractivity contribution >= 4 is 56.9 Å². The zero-order valence-corrected chi connectivity index (χ0v) is 33.6. The number of hydrogen-bond donors (Lipinski definition) is 4. The van der Waals surface area contributed by atoms with Crippen molar-refractivity contribution in [1.82, 2.24) is 0 Å². The molecule has 0 fully saturated rings. The highest BCUT2D eigenvalue weighted by molar-refractivity contribution is 6.13. The number of aromatic hydroxyl groups is 1. The average molecular weight is 764 g/mol. The number of unbranched alkanes of at least 4 members (excludes halogenated alkanes) is 15. The van der Waals surface area contributed by atoms with Crippen molar-refractivity contribution in [2.24, 2.45) is 10.2 Å². The van der Waals surface area contributed by atoms with Crippen molar-refractivity contribution in [3.8, 4) is 5.75 Å². The highest BCUT2D eigenvalue weighted by atomic mass is 16.4. The minimum atomic E-state index is -1.11. The van der Waals surface area contributed by atoms with Crippen LogP contribution in [0.3, 0.4) is 0 Å². The molecular formula is C46H61N5O5. The summed E-state index contributed by atoms with van der Waals surface area (Å²) in [5.41, 5.74) is 2.75. The van der Waals surface area contributed by atoms with Crippen LogP contribution in [0.15, 0.2) is 83.0 Å². The van der Waals surface area contributed by atoms with Gasteiger partial charge in [-0.25, -0.2) is 4.79 Å². The van der Waals surface area contributed by atoms with Gasteiger partial charge in [-0.1, -0.05) is 128 Å². The van der Waals surface area contributed by atoms with Gasteiger partial charge >= 0.3 is 5.97 Å². The Balaban J connectivity index is 1.34. The van der Waals surface area contributed by atoms with Crippen LogP contribution in [0.1, 0.15) is 137 Å². The highest BCUT2D eigenvalue weighted by Crippen LogP contribution is 2.38. The number of phenolic OH excluding ortho intramolecular Hbond substituents is 1. The number of carbonyl (C=O) groups excluding carboxylic acids is 2. The van der Waals surface area contributed by atoms with E-state index >= 15 is 0 Å². The molecule has 300 valence electrons. The summed E-state index contributed by atoms with van der Waals surface area (Å²) in [6.07, 6.45) is 20.8. The van der Waals surface area contributed by atoms with Crippen LogP contribution in [-0.2, 0) is 4.79 Å². The monoisotopic (exact) mass is 763 g/mol. The molecule has 0 aromatic heterocycles. The van der Waals surface area contributed by atoms with Crippen molar-refractivity contribution in [3.63, 3.8) is 0 Å². The van der Waals surface area contributed by atoms with Gasteiger partial charge in [0.05, 0.1) is 40.4 Å². The van der Waals surface area contributed by atoms with Crippen LogP contribution >= 0.6 is 0 Å². The fourth-order valence-electron chi connectivity index (χ4n) is 6.89. The number of carboxylic acids is 1. The number of ketones is 1. The Morgan fingerprint density at radius 3 is 1.84 bits per heavy atom. The van der Waals surface area contributed by atoms with Crippen LogP contribution < -0.4 is 15.5 Å². The number of Topliss-reactive ketones (excluding diaryl/α,β-unsaturated/α-hetero) is 1. The van der Waals surface area contributed by atoms with Crippen molar-refractivity contribution in [2.45, 2.75) is 117 Å². The van der Waals surface area contributed by atoms with E-state index < -0.39 is 11.9 Å². The van der Waals surface area contributed by atoms with Crippen LogP contribution in [0.5, 0.6) is 5.75 Å². The number of amides is 1. The number of phenols is 1. The average Bonchev–Trinajstić information content (AvgIpc) is 3.20. The molecule has 0 aliphatic heterocycles. The summed E-state index contributed by atoms with van der Waals surface area (Å²) in [6.45, 7) is 4.75. The van der Waals surface area contributed by atoms with Gasteiger partial charge in [-0.15, -0.1) is 5.11 Å². The van der Waals surface area contributed by atoms with Crippen molar-refractivity contribution in [2.75, 3.05) is 35.7 Å². The molecule has 56 heavy (non-hydrogen) atoms. The predicted molar refractivity (Wildman–Crippen MR) is 230 cm³/mol. The lowest BCUT2D eigenvalue weighted by Crippen LogP contribution is -2.22. The molecule has 0 unspecified atom stereocenters. The summed E-state index contributed by atoms with van der Waals surface area (Å²) >= 11 is 0. The summed E-state index contributed by atoms with van der Waals surface area (Å²) < 4.78 is 0. The van der Waals surface area contributed by atoms with E-state index in [2.05, 4.69) is 27.8 Å². The number of anilines is 3. The Labute approximate surface area is 332 Å². The first-order valence-electron chi connectivity index (χ1n) is 20.6. The lowest BCUT2D eigenvalue weighted by Gasteiger charge is -2.23. The van der Waals surface area contributed by atoms with E-state index in [9.17, 15) is 24.6 Å². The number of azo groups is 1. The maximum atomic E-state index is 13.9. The number of nitrogens with zero attached hydrogens (tertiary/aromatic N) is 3. The van der Waals surface area contributed by atoms with Gasteiger partial charge in [0.1, 0.15) is 11.5 Å². The second kappa shape index (κ2) is 23.6. The quantitative estimate of drug-likeness (QED) is 0.0368.